The minimum atomic E-state index is -0.144. The van der Waals surface area contributed by atoms with Gasteiger partial charge in [0.1, 0.15) is 0 Å². The van der Waals surface area contributed by atoms with Gasteiger partial charge in [0.05, 0.1) is 12.1 Å². The van der Waals surface area contributed by atoms with E-state index in [1.54, 1.807) is 0 Å². The van der Waals surface area contributed by atoms with Gasteiger partial charge in [-0.25, -0.2) is 0 Å². The highest BCUT2D eigenvalue weighted by Crippen LogP contribution is 2.30. The summed E-state index contributed by atoms with van der Waals surface area (Å²) < 4.78 is 2.03. The average Bonchev–Trinajstić information content (AvgIpc) is 2.74. The summed E-state index contributed by atoms with van der Waals surface area (Å²) in [6.45, 7) is 0.654. The second kappa shape index (κ2) is 4.11. The van der Waals surface area contributed by atoms with Gasteiger partial charge in [0.15, 0.2) is 0 Å². The third kappa shape index (κ3) is 1.81. The first-order valence-corrected chi connectivity index (χ1v) is 5.22. The van der Waals surface area contributed by atoms with Gasteiger partial charge in [0.2, 0.25) is 0 Å². The van der Waals surface area contributed by atoms with Crippen molar-refractivity contribution in [1.82, 2.24) is 9.78 Å². The molecule has 78 valence electrons. The minimum Gasteiger partial charge on any atom is -0.393 e. The Morgan fingerprint density at radius 3 is 3.07 bits per heavy atom. The van der Waals surface area contributed by atoms with Crippen LogP contribution in [0.3, 0.4) is 0 Å². The van der Waals surface area contributed by atoms with Gasteiger partial charge in [-0.2, -0.15) is 5.10 Å². The van der Waals surface area contributed by atoms with E-state index in [0.717, 1.165) is 25.7 Å². The number of hydrogen-bond acceptors (Lipinski definition) is 3. The van der Waals surface area contributed by atoms with Gasteiger partial charge in [-0.15, -0.1) is 0 Å². The monoisotopic (exact) mass is 195 g/mol. The van der Waals surface area contributed by atoms with Crippen molar-refractivity contribution in [3.63, 3.8) is 0 Å². The zero-order valence-electron chi connectivity index (χ0n) is 8.26. The van der Waals surface area contributed by atoms with Crippen molar-refractivity contribution in [2.75, 3.05) is 6.54 Å². The predicted octanol–water partition coefficient (Wildman–Crippen LogP) is 0.470. The molecule has 1 aromatic rings. The Labute approximate surface area is 83.7 Å². The number of nitrogens with zero attached hydrogens (tertiary/aromatic N) is 2. The molecule has 0 saturated heterocycles. The van der Waals surface area contributed by atoms with Gasteiger partial charge < -0.3 is 10.8 Å². The van der Waals surface area contributed by atoms with E-state index in [4.69, 9.17) is 5.73 Å². The Bertz CT molecular complexity index is 297. The van der Waals surface area contributed by atoms with Crippen molar-refractivity contribution in [3.8, 4) is 0 Å². The quantitative estimate of drug-likeness (QED) is 0.737. The predicted molar refractivity (Wildman–Crippen MR) is 53.9 cm³/mol. The van der Waals surface area contributed by atoms with E-state index in [1.807, 2.05) is 16.9 Å². The molecule has 1 aliphatic carbocycles. The zero-order valence-corrected chi connectivity index (χ0v) is 8.26. The molecule has 1 aromatic heterocycles. The maximum atomic E-state index is 9.45. The van der Waals surface area contributed by atoms with Crippen LogP contribution < -0.4 is 5.73 Å². The minimum absolute atomic E-state index is 0.144. The van der Waals surface area contributed by atoms with Gasteiger partial charge in [-0.1, -0.05) is 0 Å². The Balaban J connectivity index is 2.11. The molecule has 2 atom stereocenters. The van der Waals surface area contributed by atoms with Crippen LogP contribution in [0, 0.1) is 0 Å². The van der Waals surface area contributed by atoms with Gasteiger partial charge in [-0.05, 0) is 31.9 Å². The lowest BCUT2D eigenvalue weighted by atomic mass is 10.2. The van der Waals surface area contributed by atoms with E-state index >= 15 is 0 Å². The fraction of sp³-hybridized carbons (Fsp3) is 0.700. The lowest BCUT2D eigenvalue weighted by Crippen LogP contribution is -2.14. The molecule has 1 heterocycles. The second-order valence-electron chi connectivity index (χ2n) is 3.93. The normalized spacial score (nSPS) is 27.0. The number of aromatic nitrogens is 2. The van der Waals surface area contributed by atoms with Crippen LogP contribution in [-0.2, 0) is 6.42 Å². The summed E-state index contributed by atoms with van der Waals surface area (Å²) in [5, 5.41) is 13.8. The SMILES string of the molecule is NCCc1ccnn1C1CCC(O)C1. The van der Waals surface area contributed by atoms with Crippen molar-refractivity contribution in [3.05, 3.63) is 18.0 Å². The van der Waals surface area contributed by atoms with Crippen molar-refractivity contribution >= 4 is 0 Å². The maximum absolute atomic E-state index is 9.45. The Morgan fingerprint density at radius 2 is 2.43 bits per heavy atom. The highest BCUT2D eigenvalue weighted by atomic mass is 16.3. The van der Waals surface area contributed by atoms with E-state index in [-0.39, 0.29) is 6.10 Å². The summed E-state index contributed by atoms with van der Waals surface area (Å²) >= 11 is 0. The van der Waals surface area contributed by atoms with Crippen LogP contribution in [0.15, 0.2) is 12.3 Å². The Morgan fingerprint density at radius 1 is 1.57 bits per heavy atom. The van der Waals surface area contributed by atoms with Crippen LogP contribution in [0.1, 0.15) is 31.0 Å². The average molecular weight is 195 g/mol. The number of hydrogen-bond donors (Lipinski definition) is 2. The summed E-state index contributed by atoms with van der Waals surface area (Å²) in [7, 11) is 0. The zero-order chi connectivity index (χ0) is 9.97. The Hall–Kier alpha value is -0.870. The summed E-state index contributed by atoms with van der Waals surface area (Å²) in [4.78, 5) is 0. The molecule has 1 saturated carbocycles. The molecular formula is C10H17N3O. The third-order valence-corrected chi connectivity index (χ3v) is 2.88. The highest BCUT2D eigenvalue weighted by Gasteiger charge is 2.25. The van der Waals surface area contributed by atoms with Gasteiger partial charge in [0, 0.05) is 18.3 Å². The van der Waals surface area contributed by atoms with Crippen molar-refractivity contribution < 1.29 is 5.11 Å². The summed E-state index contributed by atoms with van der Waals surface area (Å²) in [6.07, 6.45) is 5.30. The molecule has 0 aliphatic heterocycles. The summed E-state index contributed by atoms with van der Waals surface area (Å²) in [5.74, 6) is 0. The maximum Gasteiger partial charge on any atom is 0.0561 e. The number of nitrogens with two attached hydrogens (primary N) is 1. The topological polar surface area (TPSA) is 64.1 Å². The number of aliphatic hydroxyl groups excluding tert-OH is 1. The first-order valence-electron chi connectivity index (χ1n) is 5.22. The van der Waals surface area contributed by atoms with E-state index in [2.05, 4.69) is 5.10 Å². The van der Waals surface area contributed by atoms with Crippen LogP contribution >= 0.6 is 0 Å². The molecule has 4 nitrogen and oxygen atoms in total. The van der Waals surface area contributed by atoms with Crippen molar-refractivity contribution in [1.29, 1.82) is 0 Å². The van der Waals surface area contributed by atoms with Crippen LogP contribution in [0.4, 0.5) is 0 Å². The smallest absolute Gasteiger partial charge is 0.0561 e. The van der Waals surface area contributed by atoms with E-state index in [0.29, 0.717) is 12.6 Å². The fourth-order valence-electron chi connectivity index (χ4n) is 2.17. The van der Waals surface area contributed by atoms with E-state index in [1.165, 1.54) is 5.69 Å². The van der Waals surface area contributed by atoms with Crippen LogP contribution in [-0.4, -0.2) is 27.5 Å². The molecule has 1 fully saturated rings. The standard InChI is InChI=1S/C10H17N3O/c11-5-3-8-4-6-12-13(8)9-1-2-10(14)7-9/h4,6,9-10,14H,1-3,5,7,11H2. The summed E-state index contributed by atoms with van der Waals surface area (Å²) in [5.41, 5.74) is 6.71. The lowest BCUT2D eigenvalue weighted by molar-refractivity contribution is 0.177. The third-order valence-electron chi connectivity index (χ3n) is 2.88. The van der Waals surface area contributed by atoms with Gasteiger partial charge >= 0.3 is 0 Å². The molecule has 2 rings (SSSR count). The molecular weight excluding hydrogens is 178 g/mol. The number of aliphatic hydroxyl groups is 1. The first-order chi connectivity index (χ1) is 6.81. The fourth-order valence-corrected chi connectivity index (χ4v) is 2.17. The molecule has 14 heavy (non-hydrogen) atoms. The van der Waals surface area contributed by atoms with Crippen LogP contribution in [0.5, 0.6) is 0 Å². The molecule has 0 amide bonds. The molecule has 3 N–H and O–H groups in total. The van der Waals surface area contributed by atoms with Gasteiger partial charge in [0.25, 0.3) is 0 Å². The lowest BCUT2D eigenvalue weighted by Gasteiger charge is -2.13. The molecule has 0 radical (unpaired) electrons. The molecule has 2 unspecified atom stereocenters. The molecule has 0 bridgehead atoms. The molecule has 4 heteroatoms. The van der Waals surface area contributed by atoms with Gasteiger partial charge in [-0.3, -0.25) is 4.68 Å². The summed E-state index contributed by atoms with van der Waals surface area (Å²) in [6, 6.07) is 2.39. The molecule has 0 spiro atoms. The van der Waals surface area contributed by atoms with Crippen LogP contribution in [0.2, 0.25) is 0 Å². The van der Waals surface area contributed by atoms with Crippen molar-refractivity contribution in [2.24, 2.45) is 5.73 Å². The first kappa shape index (κ1) is 9.68. The van der Waals surface area contributed by atoms with E-state index in [9.17, 15) is 5.11 Å². The largest absolute Gasteiger partial charge is 0.393 e. The second-order valence-corrected chi connectivity index (χ2v) is 3.93. The Kier molecular flexibility index (Phi) is 2.84. The molecule has 0 aromatic carbocycles. The highest BCUT2D eigenvalue weighted by molar-refractivity contribution is 5.03. The molecule has 1 aliphatic rings. The number of rotatable bonds is 3. The van der Waals surface area contributed by atoms with Crippen LogP contribution in [0.25, 0.3) is 0 Å². The van der Waals surface area contributed by atoms with Crippen molar-refractivity contribution in [2.45, 2.75) is 37.8 Å². The van der Waals surface area contributed by atoms with E-state index < -0.39 is 0 Å².